The van der Waals surface area contributed by atoms with Crippen LogP contribution in [-0.2, 0) is 4.79 Å². The van der Waals surface area contributed by atoms with Crippen LogP contribution in [0, 0.1) is 19.3 Å². The summed E-state index contributed by atoms with van der Waals surface area (Å²) >= 11 is 0. The number of aryl methyl sites for hydroxylation is 2. The third-order valence-corrected chi connectivity index (χ3v) is 3.34. The van der Waals surface area contributed by atoms with Gasteiger partial charge in [-0.1, -0.05) is 18.2 Å². The molecule has 0 spiro atoms. The van der Waals surface area contributed by atoms with E-state index in [0.29, 0.717) is 5.75 Å². The lowest BCUT2D eigenvalue weighted by atomic mass is 9.89. The van der Waals surface area contributed by atoms with Crippen molar-refractivity contribution in [1.82, 2.24) is 4.90 Å². The number of nitrogens with zero attached hydrogens (tertiary/aromatic N) is 1. The van der Waals surface area contributed by atoms with Crippen LogP contribution in [0.15, 0.2) is 18.2 Å². The number of esters is 1. The third-order valence-electron chi connectivity index (χ3n) is 3.34. The van der Waals surface area contributed by atoms with Gasteiger partial charge >= 0.3 is 5.97 Å². The first-order valence-corrected chi connectivity index (χ1v) is 6.67. The van der Waals surface area contributed by atoms with Gasteiger partial charge in [-0.25, -0.2) is 0 Å². The summed E-state index contributed by atoms with van der Waals surface area (Å²) in [5.41, 5.74) is 1.52. The molecule has 0 heterocycles. The summed E-state index contributed by atoms with van der Waals surface area (Å²) in [6, 6.07) is 5.89. The topological polar surface area (TPSA) is 29.5 Å². The summed E-state index contributed by atoms with van der Waals surface area (Å²) in [6.07, 6.45) is 0.782. The molecule has 0 aliphatic heterocycles. The van der Waals surface area contributed by atoms with Crippen LogP contribution in [0.5, 0.6) is 5.75 Å². The van der Waals surface area contributed by atoms with Crippen molar-refractivity contribution in [3.05, 3.63) is 29.3 Å². The molecule has 1 rings (SSSR count). The molecule has 0 aliphatic carbocycles. The van der Waals surface area contributed by atoms with E-state index in [9.17, 15) is 4.79 Å². The van der Waals surface area contributed by atoms with Crippen molar-refractivity contribution in [3.8, 4) is 5.75 Å². The maximum Gasteiger partial charge on any atom is 0.316 e. The van der Waals surface area contributed by atoms with E-state index in [1.165, 1.54) is 0 Å². The van der Waals surface area contributed by atoms with Crippen molar-refractivity contribution in [2.75, 3.05) is 20.6 Å². The highest BCUT2D eigenvalue weighted by molar-refractivity contribution is 5.79. The maximum atomic E-state index is 12.3. The Labute approximate surface area is 116 Å². The monoisotopic (exact) mass is 263 g/mol. The van der Waals surface area contributed by atoms with Crippen LogP contribution in [0.4, 0.5) is 0 Å². The predicted octanol–water partition coefficient (Wildman–Crippen LogP) is 3.19. The number of hydrogen-bond donors (Lipinski definition) is 0. The Balaban J connectivity index is 2.79. The Kier molecular flexibility index (Phi) is 5.12. The van der Waals surface area contributed by atoms with Crippen LogP contribution >= 0.6 is 0 Å². The average molecular weight is 263 g/mol. The molecule has 0 radical (unpaired) electrons. The fourth-order valence-corrected chi connectivity index (χ4v) is 1.80. The molecule has 0 atom stereocenters. The summed E-state index contributed by atoms with van der Waals surface area (Å²) in [7, 11) is 4.01. The molecule has 0 bridgehead atoms. The van der Waals surface area contributed by atoms with Gasteiger partial charge in [0, 0.05) is 0 Å². The van der Waals surface area contributed by atoms with E-state index in [4.69, 9.17) is 4.74 Å². The molecule has 106 valence electrons. The number of hydrogen-bond acceptors (Lipinski definition) is 3. The van der Waals surface area contributed by atoms with Gasteiger partial charge in [0.25, 0.3) is 0 Å². The second kappa shape index (κ2) is 6.20. The number of rotatable bonds is 5. The summed E-state index contributed by atoms with van der Waals surface area (Å²) in [5.74, 6) is 0.539. The Hall–Kier alpha value is -1.35. The Morgan fingerprint density at radius 3 is 2.21 bits per heavy atom. The molecule has 0 amide bonds. The number of benzene rings is 1. The highest BCUT2D eigenvalue weighted by Gasteiger charge is 2.30. The zero-order valence-electron chi connectivity index (χ0n) is 12.9. The van der Waals surface area contributed by atoms with Gasteiger partial charge in [0.05, 0.1) is 5.41 Å². The van der Waals surface area contributed by atoms with Gasteiger partial charge in [0.15, 0.2) is 0 Å². The zero-order valence-corrected chi connectivity index (χ0v) is 12.9. The van der Waals surface area contributed by atoms with E-state index in [-0.39, 0.29) is 5.97 Å². The van der Waals surface area contributed by atoms with Gasteiger partial charge in [-0.3, -0.25) is 4.79 Å². The van der Waals surface area contributed by atoms with Gasteiger partial charge in [-0.05, 0) is 65.9 Å². The smallest absolute Gasteiger partial charge is 0.316 e. The normalized spacial score (nSPS) is 11.7. The SMILES string of the molecule is Cc1cccc(C)c1OC(=O)C(C)(C)CCN(C)C. The molecule has 0 aromatic heterocycles. The predicted molar refractivity (Wildman–Crippen MR) is 78.5 cm³/mol. The molecule has 3 nitrogen and oxygen atoms in total. The fraction of sp³-hybridized carbons (Fsp3) is 0.562. The van der Waals surface area contributed by atoms with Crippen LogP contribution in [0.1, 0.15) is 31.4 Å². The Morgan fingerprint density at radius 1 is 1.21 bits per heavy atom. The van der Waals surface area contributed by atoms with Crippen LogP contribution in [0.25, 0.3) is 0 Å². The first-order valence-electron chi connectivity index (χ1n) is 6.67. The second-order valence-corrected chi connectivity index (χ2v) is 6.05. The molecule has 0 N–H and O–H groups in total. The van der Waals surface area contributed by atoms with Crippen molar-refractivity contribution in [1.29, 1.82) is 0 Å². The molecule has 3 heteroatoms. The van der Waals surface area contributed by atoms with Crippen LogP contribution in [0.2, 0.25) is 0 Å². The number of carbonyl (C=O) groups is 1. The van der Waals surface area contributed by atoms with Gasteiger partial charge in [0.2, 0.25) is 0 Å². The molecule has 0 saturated carbocycles. The minimum absolute atomic E-state index is 0.160. The highest BCUT2D eigenvalue weighted by Crippen LogP contribution is 2.28. The van der Waals surface area contributed by atoms with E-state index in [2.05, 4.69) is 4.90 Å². The van der Waals surface area contributed by atoms with E-state index in [1.54, 1.807) is 0 Å². The van der Waals surface area contributed by atoms with Crippen molar-refractivity contribution in [2.24, 2.45) is 5.41 Å². The third kappa shape index (κ3) is 4.35. The van der Waals surface area contributed by atoms with Crippen LogP contribution < -0.4 is 4.74 Å². The van der Waals surface area contributed by atoms with Gasteiger partial charge in [0.1, 0.15) is 5.75 Å². The quantitative estimate of drug-likeness (QED) is 0.603. The lowest BCUT2D eigenvalue weighted by Gasteiger charge is -2.25. The number of para-hydroxylation sites is 1. The van der Waals surface area contributed by atoms with Gasteiger partial charge < -0.3 is 9.64 Å². The largest absolute Gasteiger partial charge is 0.426 e. The summed E-state index contributed by atoms with van der Waals surface area (Å²) in [5, 5.41) is 0. The molecule has 19 heavy (non-hydrogen) atoms. The molecule has 1 aromatic rings. The summed E-state index contributed by atoms with van der Waals surface area (Å²) < 4.78 is 5.62. The van der Waals surface area contributed by atoms with Crippen LogP contribution in [-0.4, -0.2) is 31.5 Å². The second-order valence-electron chi connectivity index (χ2n) is 6.05. The molecule has 0 saturated heterocycles. The number of carbonyl (C=O) groups excluding carboxylic acids is 1. The lowest BCUT2D eigenvalue weighted by molar-refractivity contribution is -0.144. The van der Waals surface area contributed by atoms with Crippen molar-refractivity contribution in [3.63, 3.8) is 0 Å². The minimum Gasteiger partial charge on any atom is -0.426 e. The lowest BCUT2D eigenvalue weighted by Crippen LogP contribution is -2.32. The Morgan fingerprint density at radius 2 is 1.74 bits per heavy atom. The zero-order chi connectivity index (χ0) is 14.6. The molecule has 1 aromatic carbocycles. The Bertz CT molecular complexity index is 430. The van der Waals surface area contributed by atoms with Crippen molar-refractivity contribution >= 4 is 5.97 Å². The maximum absolute atomic E-state index is 12.3. The standard InChI is InChI=1S/C16H25NO2/c1-12-8-7-9-13(2)14(12)19-15(18)16(3,4)10-11-17(5)6/h7-9H,10-11H2,1-6H3. The average Bonchev–Trinajstić information content (AvgIpc) is 2.31. The van der Waals surface area contributed by atoms with Crippen LogP contribution in [0.3, 0.4) is 0 Å². The summed E-state index contributed by atoms with van der Waals surface area (Å²) in [6.45, 7) is 8.67. The first kappa shape index (κ1) is 15.7. The van der Waals surface area contributed by atoms with E-state index < -0.39 is 5.41 Å². The molecule has 0 aliphatic rings. The summed E-state index contributed by atoms with van der Waals surface area (Å²) in [4.78, 5) is 14.4. The van der Waals surface area contributed by atoms with E-state index in [0.717, 1.165) is 24.1 Å². The van der Waals surface area contributed by atoms with Crippen molar-refractivity contribution < 1.29 is 9.53 Å². The van der Waals surface area contributed by atoms with Crippen molar-refractivity contribution in [2.45, 2.75) is 34.1 Å². The highest BCUT2D eigenvalue weighted by atomic mass is 16.5. The first-order chi connectivity index (χ1) is 8.74. The van der Waals surface area contributed by atoms with E-state index >= 15 is 0 Å². The van der Waals surface area contributed by atoms with Gasteiger partial charge in [-0.2, -0.15) is 0 Å². The molecule has 0 unspecified atom stereocenters. The molecular weight excluding hydrogens is 238 g/mol. The molecule has 0 fully saturated rings. The number of ether oxygens (including phenoxy) is 1. The molecular formula is C16H25NO2. The minimum atomic E-state index is -0.473. The van der Waals surface area contributed by atoms with Gasteiger partial charge in [-0.15, -0.1) is 0 Å². The van der Waals surface area contributed by atoms with E-state index in [1.807, 2.05) is 60.0 Å². The fourth-order valence-electron chi connectivity index (χ4n) is 1.80.